The van der Waals surface area contributed by atoms with Gasteiger partial charge in [-0.25, -0.2) is 12.7 Å². The van der Waals surface area contributed by atoms with Crippen LogP contribution >= 0.6 is 24.0 Å². The second-order valence-corrected chi connectivity index (χ2v) is 8.21. The van der Waals surface area contributed by atoms with E-state index >= 15 is 0 Å². The van der Waals surface area contributed by atoms with Gasteiger partial charge in [0.2, 0.25) is 10.0 Å². The van der Waals surface area contributed by atoms with E-state index in [2.05, 4.69) is 15.6 Å². The summed E-state index contributed by atoms with van der Waals surface area (Å²) in [6.07, 6.45) is 0. The fourth-order valence-corrected chi connectivity index (χ4v) is 3.27. The molecule has 2 aromatic carbocycles. The summed E-state index contributed by atoms with van der Waals surface area (Å²) in [5, 5.41) is 6.45. The van der Waals surface area contributed by atoms with Crippen molar-refractivity contribution >= 4 is 40.0 Å². The van der Waals surface area contributed by atoms with Gasteiger partial charge in [0.05, 0.1) is 12.0 Å². The molecule has 154 valence electrons. The van der Waals surface area contributed by atoms with Crippen molar-refractivity contribution in [3.63, 3.8) is 0 Å². The number of rotatable bonds is 7. The molecule has 28 heavy (non-hydrogen) atoms. The fourth-order valence-electron chi connectivity index (χ4n) is 2.36. The first kappa shape index (κ1) is 24.2. The van der Waals surface area contributed by atoms with Gasteiger partial charge < -0.3 is 15.4 Å². The second kappa shape index (κ2) is 11.2. The normalized spacial score (nSPS) is 11.7. The standard InChI is InChI=1S/C19H26N4O3S.HI/c1-20-19(22-14-16-6-5-7-17(12-16)26-4)21-13-15-8-10-18(11-9-15)27(24,25)23(2)3;/h5-12H,13-14H2,1-4H3,(H2,20,21,22);1H. The lowest BCUT2D eigenvalue weighted by Gasteiger charge is -2.14. The largest absolute Gasteiger partial charge is 0.497 e. The molecule has 0 radical (unpaired) electrons. The molecule has 2 aromatic rings. The van der Waals surface area contributed by atoms with Crippen LogP contribution in [0, 0.1) is 0 Å². The van der Waals surface area contributed by atoms with E-state index in [9.17, 15) is 8.42 Å². The highest BCUT2D eigenvalue weighted by Gasteiger charge is 2.16. The van der Waals surface area contributed by atoms with Gasteiger partial charge in [-0.15, -0.1) is 24.0 Å². The zero-order valence-corrected chi connectivity index (χ0v) is 19.6. The SMILES string of the molecule is CN=C(NCc1ccc(S(=O)(=O)N(C)C)cc1)NCc1cccc(OC)c1.I. The predicted octanol–water partition coefficient (Wildman–Crippen LogP) is 2.43. The third kappa shape index (κ3) is 6.64. The number of benzene rings is 2. The van der Waals surface area contributed by atoms with E-state index in [1.54, 1.807) is 38.4 Å². The van der Waals surface area contributed by atoms with E-state index < -0.39 is 10.0 Å². The molecule has 7 nitrogen and oxygen atoms in total. The molecule has 0 spiro atoms. The minimum Gasteiger partial charge on any atom is -0.497 e. The van der Waals surface area contributed by atoms with Crippen LogP contribution in [-0.2, 0) is 23.1 Å². The van der Waals surface area contributed by atoms with Crippen LogP contribution in [0.4, 0.5) is 0 Å². The van der Waals surface area contributed by atoms with Crippen molar-refractivity contribution in [3.8, 4) is 5.75 Å². The number of nitrogens with one attached hydrogen (secondary N) is 2. The molecule has 9 heteroatoms. The number of halogens is 1. The number of hydrogen-bond donors (Lipinski definition) is 2. The Morgan fingerprint density at radius 1 is 1.04 bits per heavy atom. The topological polar surface area (TPSA) is 83.0 Å². The van der Waals surface area contributed by atoms with Crippen molar-refractivity contribution in [2.45, 2.75) is 18.0 Å². The number of ether oxygens (including phenoxy) is 1. The van der Waals surface area contributed by atoms with E-state index in [4.69, 9.17) is 4.74 Å². The number of hydrogen-bond acceptors (Lipinski definition) is 4. The summed E-state index contributed by atoms with van der Waals surface area (Å²) >= 11 is 0. The molecule has 0 saturated carbocycles. The Bertz CT molecular complexity index is 884. The Kier molecular flexibility index (Phi) is 9.70. The highest BCUT2D eigenvalue weighted by atomic mass is 127. The van der Waals surface area contributed by atoms with Crippen molar-refractivity contribution in [1.82, 2.24) is 14.9 Å². The number of aliphatic imine (C=N–C) groups is 1. The molecule has 0 amide bonds. The third-order valence-corrected chi connectivity index (χ3v) is 5.81. The summed E-state index contributed by atoms with van der Waals surface area (Å²) in [7, 11) is 2.97. The van der Waals surface area contributed by atoms with Gasteiger partial charge in [0.25, 0.3) is 0 Å². The van der Waals surface area contributed by atoms with Crippen LogP contribution in [-0.4, -0.2) is 46.9 Å². The Hall–Kier alpha value is -1.85. The van der Waals surface area contributed by atoms with Gasteiger partial charge in [-0.3, -0.25) is 4.99 Å². The maximum Gasteiger partial charge on any atom is 0.242 e. The molecule has 0 aliphatic rings. The van der Waals surface area contributed by atoms with Crippen molar-refractivity contribution in [3.05, 3.63) is 59.7 Å². The molecule has 0 saturated heterocycles. The molecule has 0 heterocycles. The van der Waals surface area contributed by atoms with Crippen LogP contribution < -0.4 is 15.4 Å². The second-order valence-electron chi connectivity index (χ2n) is 6.06. The lowest BCUT2D eigenvalue weighted by Crippen LogP contribution is -2.36. The Morgan fingerprint density at radius 2 is 1.64 bits per heavy atom. The lowest BCUT2D eigenvalue weighted by atomic mass is 10.2. The lowest BCUT2D eigenvalue weighted by molar-refractivity contribution is 0.414. The summed E-state index contributed by atoms with van der Waals surface area (Å²) in [4.78, 5) is 4.48. The zero-order chi connectivity index (χ0) is 19.9. The fraction of sp³-hybridized carbons (Fsp3) is 0.316. The number of guanidine groups is 1. The minimum absolute atomic E-state index is 0. The molecule has 0 fully saturated rings. The molecule has 0 aromatic heterocycles. The summed E-state index contributed by atoms with van der Waals surface area (Å²) in [5.74, 6) is 1.47. The van der Waals surface area contributed by atoms with Crippen molar-refractivity contribution in [2.24, 2.45) is 4.99 Å². The van der Waals surface area contributed by atoms with Crippen LogP contribution in [0.3, 0.4) is 0 Å². The molecule has 0 aliphatic heterocycles. The van der Waals surface area contributed by atoms with Crippen LogP contribution in [0.2, 0.25) is 0 Å². The van der Waals surface area contributed by atoms with Crippen molar-refractivity contribution in [1.29, 1.82) is 0 Å². The maximum atomic E-state index is 12.1. The van der Waals surface area contributed by atoms with Crippen molar-refractivity contribution in [2.75, 3.05) is 28.3 Å². The number of nitrogens with zero attached hydrogens (tertiary/aromatic N) is 2. The molecule has 2 rings (SSSR count). The first-order chi connectivity index (χ1) is 12.9. The van der Waals surface area contributed by atoms with Gasteiger partial charge in [-0.1, -0.05) is 24.3 Å². The monoisotopic (exact) mass is 518 g/mol. The van der Waals surface area contributed by atoms with E-state index in [0.29, 0.717) is 19.0 Å². The van der Waals surface area contributed by atoms with Gasteiger partial charge in [-0.05, 0) is 35.4 Å². The van der Waals surface area contributed by atoms with Crippen LogP contribution in [0.1, 0.15) is 11.1 Å². The van der Waals surface area contributed by atoms with Gasteiger partial charge in [0, 0.05) is 34.2 Å². The Labute approximate surface area is 184 Å². The maximum absolute atomic E-state index is 12.1. The van der Waals surface area contributed by atoms with E-state index in [-0.39, 0.29) is 28.9 Å². The number of methoxy groups -OCH3 is 1. The van der Waals surface area contributed by atoms with Gasteiger partial charge >= 0.3 is 0 Å². The summed E-state index contributed by atoms with van der Waals surface area (Å²) in [6, 6.07) is 14.6. The Morgan fingerprint density at radius 3 is 2.18 bits per heavy atom. The molecular weight excluding hydrogens is 491 g/mol. The first-order valence-corrected chi connectivity index (χ1v) is 9.89. The minimum atomic E-state index is -3.41. The summed E-state index contributed by atoms with van der Waals surface area (Å²) in [6.45, 7) is 1.14. The highest BCUT2D eigenvalue weighted by Crippen LogP contribution is 2.14. The average Bonchev–Trinajstić information content (AvgIpc) is 2.68. The van der Waals surface area contributed by atoms with Gasteiger partial charge in [-0.2, -0.15) is 0 Å². The van der Waals surface area contributed by atoms with Gasteiger partial charge in [0.15, 0.2) is 5.96 Å². The van der Waals surface area contributed by atoms with Crippen molar-refractivity contribution < 1.29 is 13.2 Å². The van der Waals surface area contributed by atoms with E-state index in [1.807, 2.05) is 24.3 Å². The predicted molar refractivity (Wildman–Crippen MR) is 123 cm³/mol. The van der Waals surface area contributed by atoms with Gasteiger partial charge in [0.1, 0.15) is 5.75 Å². The first-order valence-electron chi connectivity index (χ1n) is 8.45. The molecule has 0 bridgehead atoms. The summed E-state index contributed by atoms with van der Waals surface area (Å²) in [5.41, 5.74) is 2.03. The quantitative estimate of drug-likeness (QED) is 0.334. The zero-order valence-electron chi connectivity index (χ0n) is 16.5. The van der Waals surface area contributed by atoms with Crippen LogP contribution in [0.15, 0.2) is 58.4 Å². The number of sulfonamides is 1. The molecular formula is C19H27IN4O3S. The highest BCUT2D eigenvalue weighted by molar-refractivity contribution is 14.0. The molecule has 2 N–H and O–H groups in total. The third-order valence-electron chi connectivity index (χ3n) is 3.98. The van der Waals surface area contributed by atoms with Crippen LogP contribution in [0.5, 0.6) is 5.75 Å². The molecule has 0 unspecified atom stereocenters. The smallest absolute Gasteiger partial charge is 0.242 e. The molecule has 0 aliphatic carbocycles. The van der Waals surface area contributed by atoms with E-state index in [0.717, 1.165) is 16.9 Å². The van der Waals surface area contributed by atoms with E-state index in [1.165, 1.54) is 18.4 Å². The average molecular weight is 518 g/mol. The molecule has 0 atom stereocenters. The summed E-state index contributed by atoms with van der Waals surface area (Å²) < 4.78 is 30.6. The van der Waals surface area contributed by atoms with Crippen LogP contribution in [0.25, 0.3) is 0 Å². The Balaban J connectivity index is 0.00000392.